The van der Waals surface area contributed by atoms with Gasteiger partial charge in [-0.3, -0.25) is 0 Å². The molecule has 15 rings (SSSR count). The molecule has 0 aliphatic carbocycles. The molecule has 72 heavy (non-hydrogen) atoms. The van der Waals surface area contributed by atoms with Crippen LogP contribution in [0.4, 0.5) is 17.2 Å². The maximum absolute atomic E-state index is 4.84. The molecule has 3 radical (unpaired) electrons. The van der Waals surface area contributed by atoms with E-state index in [0.29, 0.717) is 0 Å². The Labute approximate surface area is 465 Å². The molecular formula is C60H51Ir3N6Si3-3. The number of hydrogen-bond acceptors (Lipinski definition) is 4. The van der Waals surface area contributed by atoms with Gasteiger partial charge in [0.2, 0.25) is 0 Å². The Morgan fingerprint density at radius 1 is 0.417 bits per heavy atom. The van der Waals surface area contributed by atoms with Crippen LogP contribution in [-0.4, -0.2) is 48.3 Å². The standard InChI is InChI=1S/C21H21N2Si2.C20H15N2.C19H15N2Si.3Ir/c1-24(2)16-10-6-5-9-15(16)23-20-17(24)11-7-12-18(20)25(3,4)19-13-8-14-22-21(19)23;1-20(2)15-9-3-4-11-17(15)22-18-13(7-5-10-16(18)20)14-8-6-12-21-19(14)22;1-22(2)16-10-5-8-14-13-7-3-4-9-15(13)21(18(14)16)19-17(22)11-6-12-20-19;;;/h5-8,10-14H,1-4H3;3-10,12H,1-2H3;3-8,10-12H,1-2H3;;;/q3*-1;;;. The summed E-state index contributed by atoms with van der Waals surface area (Å²) < 4.78 is 4.59. The molecule has 9 heterocycles. The van der Waals surface area contributed by atoms with Gasteiger partial charge in [-0.25, -0.2) is 15.0 Å². The Bertz CT molecular complexity index is 3720. The van der Waals surface area contributed by atoms with Gasteiger partial charge >= 0.3 is 0 Å². The first kappa shape index (κ1) is 50.3. The Morgan fingerprint density at radius 2 is 0.903 bits per heavy atom. The Kier molecular flexibility index (Phi) is 12.6. The predicted molar refractivity (Wildman–Crippen MR) is 295 cm³/mol. The molecule has 12 heteroatoms. The molecule has 0 bridgehead atoms. The van der Waals surface area contributed by atoms with Crippen LogP contribution >= 0.6 is 0 Å². The van der Waals surface area contributed by atoms with Gasteiger partial charge in [0.25, 0.3) is 0 Å². The van der Waals surface area contributed by atoms with Crippen LogP contribution in [0, 0.1) is 18.2 Å². The van der Waals surface area contributed by atoms with Gasteiger partial charge in [0.05, 0.1) is 13.6 Å². The molecule has 0 spiro atoms. The first-order valence-electron chi connectivity index (χ1n) is 24.0. The number of hydrogen-bond donors (Lipinski definition) is 0. The number of para-hydroxylation sites is 6. The molecule has 4 aliphatic rings. The van der Waals surface area contributed by atoms with Crippen LogP contribution in [0.3, 0.4) is 0 Å². The van der Waals surface area contributed by atoms with E-state index in [1.165, 1.54) is 86.2 Å². The first-order chi connectivity index (χ1) is 33.3. The second kappa shape index (κ2) is 18.0. The van der Waals surface area contributed by atoms with Gasteiger partial charge in [-0.2, -0.15) is 72.8 Å². The SMILES string of the molecule is CC1(C)c2ccc[c-]c2-n2c3ncccc3c3cccc1c32.C[Si]1(C)c2ccc[c-]c2N2c3ncccc3[Si](C)(C)c3cccc1c32.C[Si]1(C)c2cccnc2-n2c3[c-]cccc3c3cccc1c32.[Ir].[Ir].[Ir]. The third kappa shape index (κ3) is 6.94. The van der Waals surface area contributed by atoms with Crippen LogP contribution in [0.1, 0.15) is 25.0 Å². The minimum atomic E-state index is -1.77. The summed E-state index contributed by atoms with van der Waals surface area (Å²) in [5.41, 5.74) is 11.1. The van der Waals surface area contributed by atoms with Crippen molar-refractivity contribution in [3.63, 3.8) is 0 Å². The van der Waals surface area contributed by atoms with Crippen molar-refractivity contribution >= 4 is 116 Å². The molecule has 5 aromatic heterocycles. The quantitative estimate of drug-likeness (QED) is 0.112. The smallest absolute Gasteiger partial charge is 0.143 e. The van der Waals surface area contributed by atoms with Crippen molar-refractivity contribution in [3.05, 3.63) is 194 Å². The summed E-state index contributed by atoms with van der Waals surface area (Å²) in [4.78, 5) is 16.6. The summed E-state index contributed by atoms with van der Waals surface area (Å²) in [6.07, 6.45) is 5.70. The minimum absolute atomic E-state index is 0. The van der Waals surface area contributed by atoms with Gasteiger partial charge < -0.3 is 14.0 Å². The third-order valence-electron chi connectivity index (χ3n) is 15.9. The molecule has 0 saturated carbocycles. The molecule has 363 valence electrons. The minimum Gasteiger partial charge on any atom is -0.320 e. The summed E-state index contributed by atoms with van der Waals surface area (Å²) >= 11 is 0. The van der Waals surface area contributed by atoms with Crippen LogP contribution in [-0.2, 0) is 65.7 Å². The van der Waals surface area contributed by atoms with Gasteiger partial charge in [-0.1, -0.05) is 137 Å². The first-order valence-corrected chi connectivity index (χ1v) is 33.0. The molecule has 0 atom stereocenters. The number of pyridine rings is 3. The molecule has 6 nitrogen and oxygen atoms in total. The van der Waals surface area contributed by atoms with Crippen LogP contribution < -0.4 is 36.0 Å². The van der Waals surface area contributed by atoms with Crippen LogP contribution in [0.25, 0.3) is 55.2 Å². The van der Waals surface area contributed by atoms with Gasteiger partial charge in [0, 0.05) is 101 Å². The van der Waals surface area contributed by atoms with Crippen molar-refractivity contribution in [2.75, 3.05) is 4.90 Å². The fourth-order valence-electron chi connectivity index (χ4n) is 12.3. The van der Waals surface area contributed by atoms with E-state index in [-0.39, 0.29) is 65.7 Å². The summed E-state index contributed by atoms with van der Waals surface area (Å²) in [6.45, 7) is 19.3. The maximum Gasteiger partial charge on any atom is 0.143 e. The van der Waals surface area contributed by atoms with Crippen LogP contribution in [0.5, 0.6) is 0 Å². The second-order valence-corrected chi connectivity index (χ2v) is 34.0. The van der Waals surface area contributed by atoms with Gasteiger partial charge in [-0.05, 0) is 66.6 Å². The molecular weight excluding hydrogens is 1470 g/mol. The zero-order valence-electron chi connectivity index (χ0n) is 41.3. The monoisotopic (exact) mass is 1520 g/mol. The average Bonchev–Trinajstić information content (AvgIpc) is 3.89. The second-order valence-electron chi connectivity index (χ2n) is 21.0. The van der Waals surface area contributed by atoms with Crippen LogP contribution in [0.15, 0.2) is 164 Å². The summed E-state index contributed by atoms with van der Waals surface area (Å²) in [5.74, 6) is 2.22. The van der Waals surface area contributed by atoms with E-state index in [0.717, 1.165) is 28.5 Å². The molecule has 0 unspecified atom stereocenters. The number of anilines is 3. The largest absolute Gasteiger partial charge is 0.320 e. The van der Waals surface area contributed by atoms with Gasteiger partial charge in [0.15, 0.2) is 0 Å². The van der Waals surface area contributed by atoms with E-state index in [1.54, 1.807) is 0 Å². The van der Waals surface area contributed by atoms with E-state index in [2.05, 4.69) is 212 Å². The van der Waals surface area contributed by atoms with Gasteiger partial charge in [-0.15, -0.1) is 16.1 Å². The van der Waals surface area contributed by atoms with Gasteiger partial charge in [0.1, 0.15) is 33.4 Å². The zero-order chi connectivity index (χ0) is 47.2. The average molecular weight is 1520 g/mol. The number of aromatic nitrogens is 5. The predicted octanol–water partition coefficient (Wildman–Crippen LogP) is 10.3. The summed E-state index contributed by atoms with van der Waals surface area (Å²) in [7, 11) is -5.24. The zero-order valence-corrected chi connectivity index (χ0v) is 51.5. The van der Waals surface area contributed by atoms with Crippen molar-refractivity contribution in [1.82, 2.24) is 24.1 Å². The number of benzene rings is 6. The molecule has 0 fully saturated rings. The maximum atomic E-state index is 4.84. The fourth-order valence-corrected chi connectivity index (χ4v) is 21.2. The molecule has 11 aromatic rings. The van der Waals surface area contributed by atoms with Crippen molar-refractivity contribution in [1.29, 1.82) is 0 Å². The Balaban J connectivity index is 0.000000122. The molecule has 4 aliphatic heterocycles. The number of nitrogens with zero attached hydrogens (tertiary/aromatic N) is 6. The van der Waals surface area contributed by atoms with E-state index in [9.17, 15) is 0 Å². The molecule has 0 amide bonds. The van der Waals surface area contributed by atoms with Crippen LogP contribution in [0.2, 0.25) is 39.3 Å². The van der Waals surface area contributed by atoms with Crippen molar-refractivity contribution in [2.45, 2.75) is 58.5 Å². The van der Waals surface area contributed by atoms with Crippen molar-refractivity contribution in [3.8, 4) is 11.5 Å². The Hall–Kier alpha value is -5.23. The summed E-state index contributed by atoms with van der Waals surface area (Å²) in [6, 6.07) is 62.6. The summed E-state index contributed by atoms with van der Waals surface area (Å²) in [5, 5.41) is 13.9. The topological polar surface area (TPSA) is 51.8 Å². The number of fused-ring (bicyclic) bond motifs is 14. The van der Waals surface area contributed by atoms with E-state index < -0.39 is 24.2 Å². The molecule has 6 aromatic carbocycles. The Morgan fingerprint density at radius 3 is 1.65 bits per heavy atom. The molecule has 0 saturated heterocycles. The van der Waals surface area contributed by atoms with E-state index in [1.807, 2.05) is 42.9 Å². The van der Waals surface area contributed by atoms with E-state index in [4.69, 9.17) is 9.97 Å². The van der Waals surface area contributed by atoms with Crippen molar-refractivity contribution in [2.24, 2.45) is 0 Å². The fraction of sp³-hybridized carbons (Fsp3) is 0.150. The van der Waals surface area contributed by atoms with E-state index >= 15 is 0 Å². The third-order valence-corrected chi connectivity index (χ3v) is 26.4. The molecule has 0 N–H and O–H groups in total. The van der Waals surface area contributed by atoms with Crippen molar-refractivity contribution < 1.29 is 60.3 Å². The number of rotatable bonds is 0. The normalized spacial score (nSPS) is 15.6.